The van der Waals surface area contributed by atoms with Gasteiger partial charge in [0.25, 0.3) is 0 Å². The topological polar surface area (TPSA) is 0 Å². The van der Waals surface area contributed by atoms with E-state index in [2.05, 4.69) is 52.0 Å². The van der Waals surface area contributed by atoms with Gasteiger partial charge in [0.05, 0.1) is 0 Å². The first-order valence-electron chi connectivity index (χ1n) is 6.60. The SMILES string of the molecule is CC(C)c1ccc(C2CCCC2(C)C)cc1. The minimum atomic E-state index is 0.499. The Morgan fingerprint density at radius 1 is 1.12 bits per heavy atom. The second-order valence-corrected chi connectivity index (χ2v) is 6.25. The smallest absolute Gasteiger partial charge is 0.0111 e. The Kier molecular flexibility index (Phi) is 3.10. The molecule has 0 saturated heterocycles. The average Bonchev–Trinajstić information content (AvgIpc) is 2.58. The van der Waals surface area contributed by atoms with E-state index in [1.165, 1.54) is 24.8 Å². The maximum atomic E-state index is 2.42. The summed E-state index contributed by atoms with van der Waals surface area (Å²) in [5.41, 5.74) is 3.51. The molecular formula is C16H24. The van der Waals surface area contributed by atoms with Crippen LogP contribution in [0.5, 0.6) is 0 Å². The van der Waals surface area contributed by atoms with Gasteiger partial charge in [-0.15, -0.1) is 0 Å². The first-order chi connectivity index (χ1) is 7.50. The lowest BCUT2D eigenvalue weighted by atomic mass is 9.77. The van der Waals surface area contributed by atoms with Crippen LogP contribution in [0.15, 0.2) is 24.3 Å². The molecule has 0 bridgehead atoms. The molecule has 0 heterocycles. The lowest BCUT2D eigenvalue weighted by Crippen LogP contribution is -2.15. The van der Waals surface area contributed by atoms with Crippen LogP contribution >= 0.6 is 0 Å². The van der Waals surface area contributed by atoms with E-state index < -0.39 is 0 Å². The van der Waals surface area contributed by atoms with Crippen LogP contribution in [0.3, 0.4) is 0 Å². The van der Waals surface area contributed by atoms with Gasteiger partial charge in [0, 0.05) is 0 Å². The number of benzene rings is 1. The zero-order valence-corrected chi connectivity index (χ0v) is 11.1. The van der Waals surface area contributed by atoms with Gasteiger partial charge in [-0.2, -0.15) is 0 Å². The van der Waals surface area contributed by atoms with Crippen molar-refractivity contribution in [2.24, 2.45) is 5.41 Å². The van der Waals surface area contributed by atoms with Crippen molar-refractivity contribution >= 4 is 0 Å². The van der Waals surface area contributed by atoms with E-state index in [1.54, 1.807) is 5.56 Å². The lowest BCUT2D eigenvalue weighted by molar-refractivity contribution is 0.332. The maximum Gasteiger partial charge on any atom is -0.0111 e. The summed E-state index contributed by atoms with van der Waals surface area (Å²) >= 11 is 0. The van der Waals surface area contributed by atoms with Crippen LogP contribution in [0, 0.1) is 5.41 Å². The molecule has 0 heteroatoms. The molecule has 0 N–H and O–H groups in total. The van der Waals surface area contributed by atoms with Crippen molar-refractivity contribution in [3.63, 3.8) is 0 Å². The Bertz CT molecular complexity index is 343. The summed E-state index contributed by atoms with van der Waals surface area (Å²) in [6, 6.07) is 9.34. The van der Waals surface area contributed by atoms with Crippen molar-refractivity contribution in [1.29, 1.82) is 0 Å². The van der Waals surface area contributed by atoms with Crippen molar-refractivity contribution in [3.05, 3.63) is 35.4 Å². The Morgan fingerprint density at radius 3 is 2.19 bits per heavy atom. The first-order valence-corrected chi connectivity index (χ1v) is 6.60. The molecule has 0 aromatic heterocycles. The van der Waals surface area contributed by atoms with Crippen molar-refractivity contribution in [3.8, 4) is 0 Å². The van der Waals surface area contributed by atoms with E-state index in [9.17, 15) is 0 Å². The van der Waals surface area contributed by atoms with Crippen LogP contribution in [0.4, 0.5) is 0 Å². The van der Waals surface area contributed by atoms with Gasteiger partial charge in [0.15, 0.2) is 0 Å². The maximum absolute atomic E-state index is 2.42. The minimum Gasteiger partial charge on any atom is -0.0593 e. The second kappa shape index (κ2) is 4.24. The van der Waals surface area contributed by atoms with Crippen LogP contribution in [-0.2, 0) is 0 Å². The molecule has 1 atom stereocenters. The van der Waals surface area contributed by atoms with E-state index in [-0.39, 0.29) is 0 Å². The molecule has 0 radical (unpaired) electrons. The fourth-order valence-electron chi connectivity index (χ4n) is 3.06. The molecule has 16 heavy (non-hydrogen) atoms. The summed E-state index contributed by atoms with van der Waals surface area (Å²) in [6.45, 7) is 9.35. The van der Waals surface area contributed by atoms with Crippen molar-refractivity contribution in [2.75, 3.05) is 0 Å². The number of hydrogen-bond donors (Lipinski definition) is 0. The largest absolute Gasteiger partial charge is 0.0593 e. The molecule has 0 spiro atoms. The number of hydrogen-bond acceptors (Lipinski definition) is 0. The molecule has 1 fully saturated rings. The molecule has 1 aromatic carbocycles. The predicted octanol–water partition coefficient (Wildman–Crippen LogP) is 5.10. The highest BCUT2D eigenvalue weighted by Gasteiger charge is 2.35. The highest BCUT2D eigenvalue weighted by atomic mass is 14.4. The normalized spacial score (nSPS) is 23.9. The standard InChI is InChI=1S/C16H24/c1-12(2)13-7-9-14(10-8-13)15-6-5-11-16(15,3)4/h7-10,12,15H,5-6,11H2,1-4H3. The van der Waals surface area contributed by atoms with E-state index in [0.29, 0.717) is 11.3 Å². The van der Waals surface area contributed by atoms with Gasteiger partial charge in [0.1, 0.15) is 0 Å². The molecule has 88 valence electrons. The van der Waals surface area contributed by atoms with Crippen LogP contribution in [0.25, 0.3) is 0 Å². The molecule has 1 saturated carbocycles. The molecule has 1 unspecified atom stereocenters. The van der Waals surface area contributed by atoms with Gasteiger partial charge in [-0.3, -0.25) is 0 Å². The summed E-state index contributed by atoms with van der Waals surface area (Å²) in [4.78, 5) is 0. The second-order valence-electron chi connectivity index (χ2n) is 6.25. The monoisotopic (exact) mass is 216 g/mol. The van der Waals surface area contributed by atoms with E-state index >= 15 is 0 Å². The Labute approximate surface area is 100 Å². The zero-order valence-electron chi connectivity index (χ0n) is 11.1. The van der Waals surface area contributed by atoms with Gasteiger partial charge >= 0.3 is 0 Å². The summed E-state index contributed by atoms with van der Waals surface area (Å²) in [7, 11) is 0. The molecule has 0 nitrogen and oxygen atoms in total. The average molecular weight is 216 g/mol. The van der Waals surface area contributed by atoms with Gasteiger partial charge in [-0.25, -0.2) is 0 Å². The van der Waals surface area contributed by atoms with E-state index in [0.717, 1.165) is 5.92 Å². The lowest BCUT2D eigenvalue weighted by Gasteiger charge is -2.27. The third-order valence-corrected chi connectivity index (χ3v) is 4.26. The molecule has 1 aliphatic carbocycles. The van der Waals surface area contributed by atoms with Crippen LogP contribution in [0.1, 0.15) is 69.9 Å². The third-order valence-electron chi connectivity index (χ3n) is 4.26. The van der Waals surface area contributed by atoms with Crippen LogP contribution < -0.4 is 0 Å². The highest BCUT2D eigenvalue weighted by Crippen LogP contribution is 2.48. The molecule has 2 rings (SSSR count). The summed E-state index contributed by atoms with van der Waals surface area (Å²) in [6.07, 6.45) is 4.14. The fourth-order valence-corrected chi connectivity index (χ4v) is 3.06. The first kappa shape index (κ1) is 11.7. The summed E-state index contributed by atoms with van der Waals surface area (Å²) < 4.78 is 0. The van der Waals surface area contributed by atoms with Gasteiger partial charge < -0.3 is 0 Å². The fraction of sp³-hybridized carbons (Fsp3) is 0.625. The van der Waals surface area contributed by atoms with Gasteiger partial charge in [-0.1, -0.05) is 58.4 Å². The molecule has 1 aromatic rings. The zero-order chi connectivity index (χ0) is 11.8. The molecule has 0 aliphatic heterocycles. The van der Waals surface area contributed by atoms with E-state index in [1.807, 2.05) is 0 Å². The van der Waals surface area contributed by atoms with Crippen molar-refractivity contribution in [2.45, 2.75) is 58.8 Å². The summed E-state index contributed by atoms with van der Waals surface area (Å²) in [5.74, 6) is 1.42. The number of rotatable bonds is 2. The highest BCUT2D eigenvalue weighted by molar-refractivity contribution is 5.29. The molecule has 0 amide bonds. The Balaban J connectivity index is 2.22. The predicted molar refractivity (Wildman–Crippen MR) is 70.9 cm³/mol. The third kappa shape index (κ3) is 2.16. The van der Waals surface area contributed by atoms with Crippen LogP contribution in [-0.4, -0.2) is 0 Å². The Morgan fingerprint density at radius 2 is 1.75 bits per heavy atom. The van der Waals surface area contributed by atoms with Crippen LogP contribution in [0.2, 0.25) is 0 Å². The molecular weight excluding hydrogens is 192 g/mol. The quantitative estimate of drug-likeness (QED) is 0.645. The van der Waals surface area contributed by atoms with Crippen molar-refractivity contribution in [1.82, 2.24) is 0 Å². The minimum absolute atomic E-state index is 0.499. The van der Waals surface area contributed by atoms with E-state index in [4.69, 9.17) is 0 Å². The Hall–Kier alpha value is -0.780. The van der Waals surface area contributed by atoms with Gasteiger partial charge in [0.2, 0.25) is 0 Å². The van der Waals surface area contributed by atoms with Crippen molar-refractivity contribution < 1.29 is 0 Å². The molecule has 1 aliphatic rings. The summed E-state index contributed by atoms with van der Waals surface area (Å²) in [5, 5.41) is 0. The van der Waals surface area contributed by atoms with Gasteiger partial charge in [-0.05, 0) is 41.2 Å².